The van der Waals surface area contributed by atoms with Gasteiger partial charge in [-0.15, -0.1) is 0 Å². The quantitative estimate of drug-likeness (QED) is 0.861. The van der Waals surface area contributed by atoms with E-state index in [2.05, 4.69) is 0 Å². The van der Waals surface area contributed by atoms with E-state index in [0.29, 0.717) is 10.6 Å². The number of rotatable bonds is 4. The Morgan fingerprint density at radius 3 is 2.80 bits per heavy atom. The van der Waals surface area contributed by atoms with Gasteiger partial charge in [-0.2, -0.15) is 0 Å². The number of hydrogen-bond acceptors (Lipinski definition) is 2. The minimum absolute atomic E-state index is 0.0637. The Balaban J connectivity index is 2.68. The van der Waals surface area contributed by atoms with Crippen molar-refractivity contribution in [1.29, 1.82) is 0 Å². The van der Waals surface area contributed by atoms with E-state index in [-0.39, 0.29) is 24.7 Å². The lowest BCUT2D eigenvalue weighted by molar-refractivity contribution is -0.118. The van der Waals surface area contributed by atoms with E-state index in [9.17, 15) is 9.18 Å². The average molecular weight is 230 g/mol. The first-order chi connectivity index (χ1) is 6.99. The molecule has 0 radical (unpaired) electrons. The molecule has 1 aromatic rings. The first-order valence-electron chi connectivity index (χ1n) is 4.70. The lowest BCUT2D eigenvalue weighted by Gasteiger charge is -2.05. The molecule has 0 saturated carbocycles. The maximum absolute atomic E-state index is 13.3. The van der Waals surface area contributed by atoms with Crippen LogP contribution in [0, 0.1) is 5.82 Å². The summed E-state index contributed by atoms with van der Waals surface area (Å²) in [5, 5.41) is 0.330. The Morgan fingerprint density at radius 2 is 2.27 bits per heavy atom. The summed E-state index contributed by atoms with van der Waals surface area (Å²) in [5.41, 5.74) is 5.84. The Morgan fingerprint density at radius 1 is 1.60 bits per heavy atom. The van der Waals surface area contributed by atoms with Crippen LogP contribution in [0.3, 0.4) is 0 Å². The maximum Gasteiger partial charge on any atom is 0.138 e. The van der Waals surface area contributed by atoms with E-state index in [1.807, 2.05) is 0 Å². The fourth-order valence-electron chi connectivity index (χ4n) is 1.31. The molecule has 0 aliphatic heterocycles. The van der Waals surface area contributed by atoms with Gasteiger partial charge in [0.25, 0.3) is 0 Å². The van der Waals surface area contributed by atoms with Gasteiger partial charge in [-0.3, -0.25) is 4.79 Å². The Hall–Kier alpha value is -0.930. The molecule has 0 fully saturated rings. The van der Waals surface area contributed by atoms with Crippen LogP contribution in [-0.2, 0) is 11.2 Å². The average Bonchev–Trinajstić information content (AvgIpc) is 2.08. The van der Waals surface area contributed by atoms with Gasteiger partial charge >= 0.3 is 0 Å². The molecule has 1 rings (SSSR count). The molecule has 1 unspecified atom stereocenters. The molecule has 15 heavy (non-hydrogen) atoms. The number of nitrogens with two attached hydrogens (primary N) is 1. The fourth-order valence-corrected chi connectivity index (χ4v) is 1.47. The topological polar surface area (TPSA) is 43.1 Å². The zero-order valence-electron chi connectivity index (χ0n) is 8.47. The largest absolute Gasteiger partial charge is 0.328 e. The molecule has 0 amide bonds. The van der Waals surface area contributed by atoms with Crippen molar-refractivity contribution in [2.75, 3.05) is 0 Å². The van der Waals surface area contributed by atoms with Crippen LogP contribution >= 0.6 is 11.6 Å². The predicted octanol–water partition coefficient (Wildman–Crippen LogP) is 2.33. The van der Waals surface area contributed by atoms with Crippen molar-refractivity contribution >= 4 is 17.4 Å². The van der Waals surface area contributed by atoms with E-state index in [1.165, 1.54) is 12.1 Å². The second kappa shape index (κ2) is 5.24. The van der Waals surface area contributed by atoms with Crippen LogP contribution in [0.4, 0.5) is 4.39 Å². The molecule has 82 valence electrons. The predicted molar refractivity (Wildman–Crippen MR) is 58.4 cm³/mol. The molecule has 4 heteroatoms. The van der Waals surface area contributed by atoms with Gasteiger partial charge in [0.1, 0.15) is 11.6 Å². The lowest BCUT2D eigenvalue weighted by atomic mass is 10.0. The molecule has 2 N–H and O–H groups in total. The molecule has 2 nitrogen and oxygen atoms in total. The van der Waals surface area contributed by atoms with E-state index in [0.717, 1.165) is 0 Å². The zero-order valence-corrected chi connectivity index (χ0v) is 9.22. The molecular formula is C11H13ClFNO. The van der Waals surface area contributed by atoms with Gasteiger partial charge < -0.3 is 5.73 Å². The second-order valence-electron chi connectivity index (χ2n) is 3.63. The van der Waals surface area contributed by atoms with Crippen LogP contribution in [0.5, 0.6) is 0 Å². The molecule has 0 bridgehead atoms. The zero-order chi connectivity index (χ0) is 11.4. The van der Waals surface area contributed by atoms with Crippen molar-refractivity contribution in [2.45, 2.75) is 25.8 Å². The van der Waals surface area contributed by atoms with Gasteiger partial charge in [-0.05, 0) is 24.6 Å². The smallest absolute Gasteiger partial charge is 0.138 e. The van der Waals surface area contributed by atoms with Gasteiger partial charge in [0, 0.05) is 23.9 Å². The standard InChI is InChI=1S/C11H13ClFNO/c1-7(14)4-10(15)5-8-2-3-9(12)6-11(8)13/h2-3,6-7H,4-5,14H2,1H3. The Labute approximate surface area is 93.2 Å². The van der Waals surface area contributed by atoms with E-state index in [4.69, 9.17) is 17.3 Å². The van der Waals surface area contributed by atoms with Crippen LogP contribution < -0.4 is 5.73 Å². The number of Topliss-reactive ketones (excluding diaryl/α,β-unsaturated/α-hetero) is 1. The second-order valence-corrected chi connectivity index (χ2v) is 4.07. The highest BCUT2D eigenvalue weighted by atomic mass is 35.5. The molecule has 0 spiro atoms. The van der Waals surface area contributed by atoms with Crippen LogP contribution in [0.25, 0.3) is 0 Å². The summed E-state index contributed by atoms with van der Waals surface area (Å²) < 4.78 is 13.3. The van der Waals surface area contributed by atoms with Crippen molar-refractivity contribution in [1.82, 2.24) is 0 Å². The summed E-state index contributed by atoms with van der Waals surface area (Å²) in [4.78, 5) is 11.4. The van der Waals surface area contributed by atoms with E-state index >= 15 is 0 Å². The minimum atomic E-state index is -0.444. The minimum Gasteiger partial charge on any atom is -0.328 e. The van der Waals surface area contributed by atoms with Gasteiger partial charge in [-0.25, -0.2) is 4.39 Å². The van der Waals surface area contributed by atoms with Crippen LogP contribution in [0.2, 0.25) is 5.02 Å². The first-order valence-corrected chi connectivity index (χ1v) is 5.08. The first kappa shape index (κ1) is 12.1. The molecule has 0 aliphatic carbocycles. The molecule has 0 aromatic heterocycles. The van der Waals surface area contributed by atoms with Gasteiger partial charge in [0.15, 0.2) is 0 Å². The monoisotopic (exact) mass is 229 g/mol. The van der Waals surface area contributed by atoms with Crippen LogP contribution in [0.1, 0.15) is 18.9 Å². The summed E-state index contributed by atoms with van der Waals surface area (Å²) in [6.07, 6.45) is 0.340. The molecule has 1 aromatic carbocycles. The van der Waals surface area contributed by atoms with Crippen molar-refractivity contribution < 1.29 is 9.18 Å². The highest BCUT2D eigenvalue weighted by Gasteiger charge is 2.10. The van der Waals surface area contributed by atoms with Crippen molar-refractivity contribution in [2.24, 2.45) is 5.73 Å². The number of carbonyl (C=O) groups excluding carboxylic acids is 1. The third-order valence-electron chi connectivity index (χ3n) is 1.95. The summed E-state index contributed by atoms with van der Waals surface area (Å²) in [6, 6.07) is 4.11. The number of benzene rings is 1. The number of hydrogen-bond donors (Lipinski definition) is 1. The van der Waals surface area contributed by atoms with Crippen molar-refractivity contribution in [3.05, 3.63) is 34.6 Å². The number of halogens is 2. The number of ketones is 1. The molecule has 0 heterocycles. The molecular weight excluding hydrogens is 217 g/mol. The van der Waals surface area contributed by atoms with Gasteiger partial charge in [0.2, 0.25) is 0 Å². The maximum atomic E-state index is 13.3. The van der Waals surface area contributed by atoms with Gasteiger partial charge in [0.05, 0.1) is 0 Å². The Kier molecular flexibility index (Phi) is 4.24. The van der Waals surface area contributed by atoms with Crippen molar-refractivity contribution in [3.63, 3.8) is 0 Å². The van der Waals surface area contributed by atoms with Crippen LogP contribution in [-0.4, -0.2) is 11.8 Å². The summed E-state index contributed by atoms with van der Waals surface area (Å²) >= 11 is 5.59. The Bertz CT molecular complexity index is 366. The lowest BCUT2D eigenvalue weighted by Crippen LogP contribution is -2.20. The summed E-state index contributed by atoms with van der Waals surface area (Å²) in [7, 11) is 0. The SMILES string of the molecule is CC(N)CC(=O)Cc1ccc(Cl)cc1F. The van der Waals surface area contributed by atoms with E-state index in [1.54, 1.807) is 13.0 Å². The third kappa shape index (κ3) is 3.98. The van der Waals surface area contributed by atoms with Gasteiger partial charge in [-0.1, -0.05) is 17.7 Å². The summed E-state index contributed by atoms with van der Waals surface area (Å²) in [6.45, 7) is 1.75. The molecule has 1 atom stereocenters. The fraction of sp³-hybridized carbons (Fsp3) is 0.364. The number of carbonyl (C=O) groups is 1. The molecule has 0 saturated heterocycles. The van der Waals surface area contributed by atoms with E-state index < -0.39 is 5.82 Å². The van der Waals surface area contributed by atoms with Crippen molar-refractivity contribution in [3.8, 4) is 0 Å². The molecule has 0 aliphatic rings. The normalized spacial score (nSPS) is 12.5. The highest BCUT2D eigenvalue weighted by molar-refractivity contribution is 6.30. The summed E-state index contributed by atoms with van der Waals surface area (Å²) in [5.74, 6) is -0.508. The highest BCUT2D eigenvalue weighted by Crippen LogP contribution is 2.15. The van der Waals surface area contributed by atoms with Crippen LogP contribution in [0.15, 0.2) is 18.2 Å². The third-order valence-corrected chi connectivity index (χ3v) is 2.19.